The molecule has 0 bridgehead atoms. The first-order valence-electron chi connectivity index (χ1n) is 4.16. The Morgan fingerprint density at radius 3 is 2.71 bits per heavy atom. The molecule has 0 saturated heterocycles. The van der Waals surface area contributed by atoms with Crippen LogP contribution in [0, 0.1) is 5.82 Å². The number of ketones is 1. The number of hydrogen-bond acceptors (Lipinski definition) is 2. The Morgan fingerprint density at radius 1 is 1.57 bits per heavy atom. The molecule has 0 atom stereocenters. The molecule has 0 N–H and O–H groups in total. The molecule has 0 unspecified atom stereocenters. The van der Waals surface area contributed by atoms with E-state index in [0.29, 0.717) is 4.47 Å². The van der Waals surface area contributed by atoms with Gasteiger partial charge >= 0.3 is 0 Å². The summed E-state index contributed by atoms with van der Waals surface area (Å²) in [6, 6.07) is 2.95. The fourth-order valence-electron chi connectivity index (χ4n) is 1.11. The van der Waals surface area contributed by atoms with E-state index in [1.165, 1.54) is 19.2 Å². The van der Waals surface area contributed by atoms with Crippen molar-refractivity contribution in [1.82, 2.24) is 0 Å². The number of Topliss-reactive ketones (excluding diaryl/α,β-unsaturated/α-hetero) is 1. The summed E-state index contributed by atoms with van der Waals surface area (Å²) in [4.78, 5) is 11.3. The van der Waals surface area contributed by atoms with Gasteiger partial charge in [-0.2, -0.15) is 0 Å². The first-order chi connectivity index (χ1) is 6.60. The third-order valence-corrected chi connectivity index (χ3v) is 2.30. The molecule has 0 saturated carbocycles. The fourth-order valence-corrected chi connectivity index (χ4v) is 1.54. The van der Waals surface area contributed by atoms with Crippen LogP contribution in [-0.4, -0.2) is 12.9 Å². The molecule has 0 radical (unpaired) electrons. The summed E-state index contributed by atoms with van der Waals surface area (Å²) in [5.74, 6) is -0.749. The van der Waals surface area contributed by atoms with Crippen molar-refractivity contribution in [2.24, 2.45) is 0 Å². The van der Waals surface area contributed by atoms with Gasteiger partial charge in [0.1, 0.15) is 0 Å². The molecule has 0 amide bonds. The normalized spacial score (nSPS) is 10.0. The zero-order valence-corrected chi connectivity index (χ0v) is 9.52. The number of carbonyl (C=O) groups is 1. The highest BCUT2D eigenvalue weighted by Gasteiger charge is 2.15. The van der Waals surface area contributed by atoms with Gasteiger partial charge in [-0.05, 0) is 12.1 Å². The van der Waals surface area contributed by atoms with Crippen LogP contribution < -0.4 is 4.74 Å². The molecule has 1 aromatic carbocycles. The van der Waals surface area contributed by atoms with E-state index in [1.54, 1.807) is 6.92 Å². The van der Waals surface area contributed by atoms with E-state index in [4.69, 9.17) is 4.74 Å². The lowest BCUT2D eigenvalue weighted by atomic mass is 10.1. The van der Waals surface area contributed by atoms with E-state index < -0.39 is 5.82 Å². The Hall–Kier alpha value is -0.900. The average molecular weight is 261 g/mol. The van der Waals surface area contributed by atoms with Crippen LogP contribution in [-0.2, 0) is 0 Å². The van der Waals surface area contributed by atoms with Crippen molar-refractivity contribution in [3.8, 4) is 5.75 Å². The molecule has 0 aliphatic carbocycles. The molecule has 1 aromatic rings. The summed E-state index contributed by atoms with van der Waals surface area (Å²) in [5, 5.41) is 0. The topological polar surface area (TPSA) is 26.3 Å². The second-order valence-electron chi connectivity index (χ2n) is 2.75. The SMILES string of the molecule is CCC(=O)c1cc(Br)cc(OC)c1F. The molecule has 0 aromatic heterocycles. The van der Waals surface area contributed by atoms with Gasteiger partial charge in [0.15, 0.2) is 17.3 Å². The molecule has 0 heterocycles. The Bertz CT molecular complexity index is 363. The van der Waals surface area contributed by atoms with Gasteiger partial charge < -0.3 is 4.74 Å². The predicted octanol–water partition coefficient (Wildman–Crippen LogP) is 3.19. The Balaban J connectivity index is 3.29. The number of rotatable bonds is 3. The molecule has 0 aliphatic heterocycles. The van der Waals surface area contributed by atoms with Crippen molar-refractivity contribution in [3.63, 3.8) is 0 Å². The second kappa shape index (κ2) is 4.55. The van der Waals surface area contributed by atoms with Crippen molar-refractivity contribution in [3.05, 3.63) is 28.0 Å². The van der Waals surface area contributed by atoms with Crippen molar-refractivity contribution in [2.75, 3.05) is 7.11 Å². The van der Waals surface area contributed by atoms with Crippen LogP contribution in [0.2, 0.25) is 0 Å². The average Bonchev–Trinajstić information content (AvgIpc) is 2.19. The predicted molar refractivity (Wildman–Crippen MR) is 55.3 cm³/mol. The standard InChI is InChI=1S/C10H10BrFO2/c1-3-8(13)7-4-6(11)5-9(14-2)10(7)12/h4-5H,3H2,1-2H3. The Morgan fingerprint density at radius 2 is 2.21 bits per heavy atom. The minimum atomic E-state index is -0.595. The third kappa shape index (κ3) is 2.12. The van der Waals surface area contributed by atoms with Crippen LogP contribution in [0.25, 0.3) is 0 Å². The lowest BCUT2D eigenvalue weighted by Gasteiger charge is -2.06. The summed E-state index contributed by atoms with van der Waals surface area (Å²) < 4.78 is 19.0. The first-order valence-corrected chi connectivity index (χ1v) is 4.95. The zero-order valence-electron chi connectivity index (χ0n) is 7.93. The Kier molecular flexibility index (Phi) is 3.63. The van der Waals surface area contributed by atoms with Crippen LogP contribution in [0.3, 0.4) is 0 Å². The van der Waals surface area contributed by atoms with Gasteiger partial charge in [-0.3, -0.25) is 4.79 Å². The van der Waals surface area contributed by atoms with Crippen LogP contribution in [0.1, 0.15) is 23.7 Å². The minimum absolute atomic E-state index is 0.0683. The molecule has 76 valence electrons. The van der Waals surface area contributed by atoms with Crippen LogP contribution in [0.4, 0.5) is 4.39 Å². The number of carbonyl (C=O) groups excluding carboxylic acids is 1. The van der Waals surface area contributed by atoms with E-state index in [0.717, 1.165) is 0 Å². The summed E-state index contributed by atoms with van der Waals surface area (Å²) in [5.41, 5.74) is 0.0683. The van der Waals surface area contributed by atoms with Gasteiger partial charge in [-0.1, -0.05) is 22.9 Å². The largest absolute Gasteiger partial charge is 0.494 e. The fraction of sp³-hybridized carbons (Fsp3) is 0.300. The van der Waals surface area contributed by atoms with Crippen molar-refractivity contribution < 1.29 is 13.9 Å². The molecular formula is C10H10BrFO2. The summed E-state index contributed by atoms with van der Waals surface area (Å²) in [6.45, 7) is 1.69. The third-order valence-electron chi connectivity index (χ3n) is 1.85. The first kappa shape index (κ1) is 11.2. The summed E-state index contributed by atoms with van der Waals surface area (Å²) >= 11 is 3.19. The zero-order chi connectivity index (χ0) is 10.7. The maximum absolute atomic E-state index is 13.5. The monoisotopic (exact) mass is 260 g/mol. The van der Waals surface area contributed by atoms with Crippen molar-refractivity contribution in [2.45, 2.75) is 13.3 Å². The van der Waals surface area contributed by atoms with E-state index in [1.807, 2.05) is 0 Å². The maximum atomic E-state index is 13.5. The number of benzene rings is 1. The molecule has 0 spiro atoms. The minimum Gasteiger partial charge on any atom is -0.494 e. The molecule has 1 rings (SSSR count). The highest BCUT2D eigenvalue weighted by molar-refractivity contribution is 9.10. The lowest BCUT2D eigenvalue weighted by molar-refractivity contribution is 0.0983. The van der Waals surface area contributed by atoms with Crippen LogP contribution in [0.15, 0.2) is 16.6 Å². The highest BCUT2D eigenvalue weighted by Crippen LogP contribution is 2.26. The van der Waals surface area contributed by atoms with Gasteiger partial charge in [0.05, 0.1) is 12.7 Å². The summed E-state index contributed by atoms with van der Waals surface area (Å²) in [6.07, 6.45) is 0.274. The molecule has 14 heavy (non-hydrogen) atoms. The highest BCUT2D eigenvalue weighted by atomic mass is 79.9. The number of halogens is 2. The van der Waals surface area contributed by atoms with Crippen molar-refractivity contribution >= 4 is 21.7 Å². The van der Waals surface area contributed by atoms with E-state index in [9.17, 15) is 9.18 Å². The van der Waals surface area contributed by atoms with Crippen LogP contribution in [0.5, 0.6) is 5.75 Å². The van der Waals surface area contributed by atoms with Gasteiger partial charge in [0.2, 0.25) is 0 Å². The second-order valence-corrected chi connectivity index (χ2v) is 3.66. The van der Waals surface area contributed by atoms with Crippen molar-refractivity contribution in [1.29, 1.82) is 0 Å². The lowest BCUT2D eigenvalue weighted by Crippen LogP contribution is -2.02. The quantitative estimate of drug-likeness (QED) is 0.781. The van der Waals surface area contributed by atoms with E-state index >= 15 is 0 Å². The Labute approximate surface area is 90.2 Å². The van der Waals surface area contributed by atoms with Crippen LogP contribution >= 0.6 is 15.9 Å². The number of hydrogen-bond donors (Lipinski definition) is 0. The maximum Gasteiger partial charge on any atom is 0.175 e. The number of ether oxygens (including phenoxy) is 1. The molecule has 4 heteroatoms. The molecule has 0 aliphatic rings. The van der Waals surface area contributed by atoms with E-state index in [-0.39, 0.29) is 23.5 Å². The van der Waals surface area contributed by atoms with Gasteiger partial charge in [0, 0.05) is 10.9 Å². The molecular weight excluding hydrogens is 251 g/mol. The smallest absolute Gasteiger partial charge is 0.175 e. The molecule has 2 nitrogen and oxygen atoms in total. The van der Waals surface area contributed by atoms with Gasteiger partial charge in [-0.25, -0.2) is 4.39 Å². The summed E-state index contributed by atoms with van der Waals surface area (Å²) in [7, 11) is 1.37. The van der Waals surface area contributed by atoms with Gasteiger partial charge in [-0.15, -0.1) is 0 Å². The van der Waals surface area contributed by atoms with Gasteiger partial charge in [0.25, 0.3) is 0 Å². The number of methoxy groups -OCH3 is 1. The van der Waals surface area contributed by atoms with E-state index in [2.05, 4.69) is 15.9 Å². The molecule has 0 fully saturated rings.